The lowest BCUT2D eigenvalue weighted by Gasteiger charge is -2.55. The highest BCUT2D eigenvalue weighted by molar-refractivity contribution is 6.27. The molecule has 3 fully saturated rings. The van der Waals surface area contributed by atoms with Gasteiger partial charge in [-0.05, 0) is 62.4 Å². The number of allylic oxidation sites excluding steroid dienone is 1. The molecule has 2 heterocycles. The van der Waals surface area contributed by atoms with E-state index in [0.29, 0.717) is 5.57 Å². The van der Waals surface area contributed by atoms with E-state index in [0.717, 1.165) is 9.80 Å². The third-order valence-corrected chi connectivity index (χ3v) is 9.43. The summed E-state index contributed by atoms with van der Waals surface area (Å²) in [5.41, 5.74) is -0.933. The SMILES string of the molecule is CCOC(=O)C1=C(C)C2[C@H]3C(=O)N(c4ccc(C(=O)O)cc4)C(=O)[C@H]3C1(C)[C@@H]1C(=O)N(c3ccc(C(=O)O)cc3)C(=O)[C@@H]21. The molecule has 3 aliphatic carbocycles. The van der Waals surface area contributed by atoms with E-state index in [1.807, 2.05) is 0 Å². The van der Waals surface area contributed by atoms with E-state index in [4.69, 9.17) is 4.74 Å². The van der Waals surface area contributed by atoms with E-state index in [-0.39, 0.29) is 34.7 Å². The smallest absolute Gasteiger partial charge is 0.335 e. The molecule has 2 saturated heterocycles. The summed E-state index contributed by atoms with van der Waals surface area (Å²) < 4.78 is 5.36. The lowest BCUT2D eigenvalue weighted by atomic mass is 9.43. The summed E-state index contributed by atoms with van der Waals surface area (Å²) in [6, 6.07) is 10.4. The fourth-order valence-electron chi connectivity index (χ4n) is 7.82. The van der Waals surface area contributed by atoms with Gasteiger partial charge in [-0.2, -0.15) is 0 Å². The van der Waals surface area contributed by atoms with Gasteiger partial charge in [-0.25, -0.2) is 14.4 Å². The van der Waals surface area contributed by atoms with Crippen LogP contribution in [0.4, 0.5) is 11.4 Å². The largest absolute Gasteiger partial charge is 0.478 e. The van der Waals surface area contributed by atoms with Gasteiger partial charge in [0, 0.05) is 16.9 Å². The van der Waals surface area contributed by atoms with Crippen LogP contribution in [0.1, 0.15) is 41.5 Å². The third kappa shape index (κ3) is 3.58. The maximum atomic E-state index is 14.2. The molecule has 0 radical (unpaired) electrons. The molecule has 2 aliphatic heterocycles. The maximum Gasteiger partial charge on any atom is 0.335 e. The van der Waals surface area contributed by atoms with E-state index in [1.54, 1.807) is 20.8 Å². The van der Waals surface area contributed by atoms with Crippen molar-refractivity contribution in [1.29, 1.82) is 0 Å². The highest BCUT2D eigenvalue weighted by Gasteiger charge is 2.77. The van der Waals surface area contributed by atoms with Crippen molar-refractivity contribution in [2.75, 3.05) is 16.4 Å². The van der Waals surface area contributed by atoms with E-state index in [2.05, 4.69) is 0 Å². The second kappa shape index (κ2) is 9.45. The van der Waals surface area contributed by atoms with Crippen molar-refractivity contribution < 1.29 is 48.5 Å². The van der Waals surface area contributed by atoms with Crippen LogP contribution in [-0.2, 0) is 28.7 Å². The molecule has 7 rings (SSSR count). The Bertz CT molecular complexity index is 1590. The van der Waals surface area contributed by atoms with E-state index < -0.39 is 76.5 Å². The van der Waals surface area contributed by atoms with Crippen LogP contribution in [0.5, 0.6) is 0 Å². The Morgan fingerprint density at radius 2 is 1.12 bits per heavy atom. The average Bonchev–Trinajstić information content (AvgIpc) is 3.39. The molecule has 2 bridgehead atoms. The number of esters is 1. The highest BCUT2D eigenvalue weighted by Crippen LogP contribution is 2.68. The number of carboxylic acids is 2. The molecule has 220 valence electrons. The number of carboxylic acid groups (broad SMARTS) is 2. The van der Waals surface area contributed by atoms with Gasteiger partial charge in [0.1, 0.15) is 0 Å². The first-order valence-corrected chi connectivity index (χ1v) is 13.7. The Hall–Kier alpha value is -5.13. The second-order valence-electron chi connectivity index (χ2n) is 11.3. The summed E-state index contributed by atoms with van der Waals surface area (Å²) in [5, 5.41) is 18.5. The van der Waals surface area contributed by atoms with Gasteiger partial charge in [0.25, 0.3) is 0 Å². The molecule has 5 aliphatic rings. The molecule has 2 aromatic carbocycles. The molecule has 2 unspecified atom stereocenters. The number of hydrogen-bond acceptors (Lipinski definition) is 8. The number of anilines is 2. The first-order valence-electron chi connectivity index (χ1n) is 13.7. The zero-order valence-corrected chi connectivity index (χ0v) is 23.3. The minimum atomic E-state index is -1.61. The number of benzene rings is 2. The number of imide groups is 2. The third-order valence-electron chi connectivity index (χ3n) is 9.43. The van der Waals surface area contributed by atoms with Crippen molar-refractivity contribution in [1.82, 2.24) is 0 Å². The van der Waals surface area contributed by atoms with E-state index >= 15 is 0 Å². The zero-order valence-electron chi connectivity index (χ0n) is 23.3. The minimum absolute atomic E-state index is 0.0163. The molecule has 4 amide bonds. The lowest BCUT2D eigenvalue weighted by molar-refractivity contribution is -0.155. The van der Waals surface area contributed by atoms with Crippen LogP contribution < -0.4 is 9.80 Å². The molecule has 2 aromatic rings. The molecule has 12 heteroatoms. The molecular formula is C31H26N2O10. The van der Waals surface area contributed by atoms with Crippen molar-refractivity contribution in [2.24, 2.45) is 35.0 Å². The predicted molar refractivity (Wildman–Crippen MR) is 147 cm³/mol. The minimum Gasteiger partial charge on any atom is -0.478 e. The molecule has 43 heavy (non-hydrogen) atoms. The summed E-state index contributed by atoms with van der Waals surface area (Å²) >= 11 is 0. The van der Waals surface area contributed by atoms with Gasteiger partial charge in [0.2, 0.25) is 23.6 Å². The number of carbonyl (C=O) groups is 7. The van der Waals surface area contributed by atoms with Gasteiger partial charge >= 0.3 is 17.9 Å². The van der Waals surface area contributed by atoms with E-state index in [1.165, 1.54) is 48.5 Å². The molecule has 6 atom stereocenters. The van der Waals surface area contributed by atoms with Crippen LogP contribution >= 0.6 is 0 Å². The number of ether oxygens (including phenoxy) is 1. The fourth-order valence-corrected chi connectivity index (χ4v) is 7.82. The molecular weight excluding hydrogens is 560 g/mol. The highest BCUT2D eigenvalue weighted by atomic mass is 16.5. The number of nitrogens with zero attached hydrogens (tertiary/aromatic N) is 2. The zero-order chi connectivity index (χ0) is 31.1. The number of amides is 4. The van der Waals surface area contributed by atoms with Gasteiger partial charge in [-0.1, -0.05) is 12.5 Å². The Morgan fingerprint density at radius 1 is 0.721 bits per heavy atom. The number of rotatable bonds is 6. The monoisotopic (exact) mass is 586 g/mol. The van der Waals surface area contributed by atoms with Crippen LogP contribution in [0.25, 0.3) is 0 Å². The van der Waals surface area contributed by atoms with Crippen molar-refractivity contribution in [2.45, 2.75) is 20.8 Å². The molecule has 12 nitrogen and oxygen atoms in total. The normalized spacial score (nSPS) is 29.2. The van der Waals surface area contributed by atoms with Crippen LogP contribution in [0.15, 0.2) is 59.7 Å². The lowest BCUT2D eigenvalue weighted by Crippen LogP contribution is -2.61. The molecule has 1 saturated carbocycles. The average molecular weight is 587 g/mol. The van der Waals surface area contributed by atoms with Gasteiger partial charge in [0.05, 0.1) is 52.8 Å². The number of aromatic carboxylic acids is 2. The van der Waals surface area contributed by atoms with Gasteiger partial charge < -0.3 is 14.9 Å². The summed E-state index contributed by atoms with van der Waals surface area (Å²) in [7, 11) is 0. The first kappa shape index (κ1) is 28.0. The van der Waals surface area contributed by atoms with Crippen LogP contribution in [0.2, 0.25) is 0 Å². The molecule has 0 aromatic heterocycles. The Morgan fingerprint density at radius 3 is 1.47 bits per heavy atom. The number of carbonyl (C=O) groups excluding carboxylic acids is 5. The van der Waals surface area contributed by atoms with Crippen molar-refractivity contribution in [3.05, 3.63) is 70.8 Å². The van der Waals surface area contributed by atoms with Gasteiger partial charge in [-0.15, -0.1) is 0 Å². The Balaban J connectivity index is 1.49. The van der Waals surface area contributed by atoms with Crippen LogP contribution in [-0.4, -0.2) is 58.4 Å². The molecule has 2 N–H and O–H groups in total. The van der Waals surface area contributed by atoms with Crippen molar-refractivity contribution in [3.63, 3.8) is 0 Å². The van der Waals surface area contributed by atoms with Gasteiger partial charge in [-0.3, -0.25) is 29.0 Å². The summed E-state index contributed by atoms with van der Waals surface area (Å²) in [5.74, 6) is -11.1. The number of hydrogen-bond donors (Lipinski definition) is 2. The summed E-state index contributed by atoms with van der Waals surface area (Å²) in [4.78, 5) is 94.5. The summed E-state index contributed by atoms with van der Waals surface area (Å²) in [6.45, 7) is 4.80. The first-order chi connectivity index (χ1) is 20.4. The van der Waals surface area contributed by atoms with E-state index in [9.17, 15) is 43.8 Å². The maximum absolute atomic E-state index is 14.2. The molecule has 0 spiro atoms. The van der Waals surface area contributed by atoms with Crippen LogP contribution in [0, 0.1) is 35.0 Å². The van der Waals surface area contributed by atoms with Crippen molar-refractivity contribution >= 4 is 52.9 Å². The Kier molecular flexibility index (Phi) is 6.15. The van der Waals surface area contributed by atoms with Gasteiger partial charge in [0.15, 0.2) is 0 Å². The predicted octanol–water partition coefficient (Wildman–Crippen LogP) is 2.52. The standard InChI is InChI=1S/C31H26N2O10/c1-4-43-30(42)21-13(2)18-19-22(26(36)32(24(19)34)16-9-5-14(6-10-16)28(38)39)31(21,3)23-20(18)25(35)33(27(23)37)17-11-7-15(8-12-17)29(40)41/h5-12,18-20,22-23H,4H2,1-3H3,(H,38,39)(H,40,41)/t18?,19-,20+,22-,23-,31?/m0/s1. The van der Waals surface area contributed by atoms with Crippen molar-refractivity contribution in [3.8, 4) is 0 Å². The summed E-state index contributed by atoms with van der Waals surface area (Å²) in [6.07, 6.45) is 0. The van der Waals surface area contributed by atoms with Crippen LogP contribution in [0.3, 0.4) is 0 Å². The fraction of sp³-hybridized carbons (Fsp3) is 0.323. The quantitative estimate of drug-likeness (QED) is 0.378. The topological polar surface area (TPSA) is 176 Å². The Labute approximate surface area is 244 Å². The second-order valence-corrected chi connectivity index (χ2v) is 11.3.